The monoisotopic (exact) mass is 309 g/mol. The van der Waals surface area contributed by atoms with Crippen LogP contribution >= 0.6 is 0 Å². The van der Waals surface area contributed by atoms with Gasteiger partial charge in [-0.05, 0) is 38.2 Å². The molecule has 0 atom stereocenters. The lowest BCUT2D eigenvalue weighted by atomic mass is 10.1. The Morgan fingerprint density at radius 2 is 2.05 bits per heavy atom. The summed E-state index contributed by atoms with van der Waals surface area (Å²) in [4.78, 5) is 24.7. The number of carbonyl (C=O) groups is 1. The normalized spacial score (nSPS) is 10.5. The zero-order chi connectivity index (χ0) is 16.5. The minimum absolute atomic E-state index is 0.142. The highest BCUT2D eigenvalue weighted by Gasteiger charge is 2.17. The molecule has 1 rings (SSSR count). The number of carbonyl (C=O) groups excluding carboxylic acids is 1. The van der Waals surface area contributed by atoms with E-state index in [1.54, 1.807) is 0 Å². The maximum Gasteiger partial charge on any atom is 0.311 e. The van der Waals surface area contributed by atoms with Crippen LogP contribution in [0.15, 0.2) is 18.2 Å². The number of nitrogens with zero attached hydrogens (tertiary/aromatic N) is 2. The molecule has 1 aromatic carbocycles. The van der Waals surface area contributed by atoms with Crippen molar-refractivity contribution >= 4 is 11.6 Å². The summed E-state index contributed by atoms with van der Waals surface area (Å²) in [6, 6.07) is 4.19. The van der Waals surface area contributed by atoms with Crippen LogP contribution in [0.4, 0.5) is 5.69 Å². The molecule has 0 aliphatic heterocycles. The van der Waals surface area contributed by atoms with E-state index in [1.807, 2.05) is 0 Å². The van der Waals surface area contributed by atoms with Crippen LogP contribution < -0.4 is 10.1 Å². The van der Waals surface area contributed by atoms with E-state index in [-0.39, 0.29) is 22.9 Å². The number of rotatable bonds is 9. The van der Waals surface area contributed by atoms with E-state index >= 15 is 0 Å². The van der Waals surface area contributed by atoms with E-state index in [4.69, 9.17) is 4.74 Å². The first-order chi connectivity index (χ1) is 10.5. The Morgan fingerprint density at radius 1 is 1.36 bits per heavy atom. The van der Waals surface area contributed by atoms with E-state index in [9.17, 15) is 14.9 Å². The fourth-order valence-electron chi connectivity index (χ4n) is 2.12. The second-order valence-corrected chi connectivity index (χ2v) is 4.78. The number of nitro benzene ring substituents is 1. The van der Waals surface area contributed by atoms with E-state index in [0.717, 1.165) is 26.1 Å². The molecule has 0 bridgehead atoms. The van der Waals surface area contributed by atoms with E-state index < -0.39 is 4.92 Å². The van der Waals surface area contributed by atoms with Gasteiger partial charge in [-0.15, -0.1) is 0 Å². The van der Waals surface area contributed by atoms with Crippen LogP contribution in [0.2, 0.25) is 0 Å². The molecule has 122 valence electrons. The summed E-state index contributed by atoms with van der Waals surface area (Å²) in [5, 5.41) is 13.7. The fraction of sp³-hybridized carbons (Fsp3) is 0.533. The Balaban J connectivity index is 2.59. The predicted octanol–water partition coefficient (Wildman–Crippen LogP) is 2.07. The van der Waals surface area contributed by atoms with Gasteiger partial charge in [0, 0.05) is 18.2 Å². The van der Waals surface area contributed by atoms with Gasteiger partial charge >= 0.3 is 5.69 Å². The summed E-state index contributed by atoms with van der Waals surface area (Å²) in [6.45, 7) is 7.60. The van der Waals surface area contributed by atoms with Crippen molar-refractivity contribution in [3.05, 3.63) is 33.9 Å². The smallest absolute Gasteiger partial charge is 0.311 e. The second kappa shape index (κ2) is 8.99. The van der Waals surface area contributed by atoms with Crippen LogP contribution in [0.1, 0.15) is 30.6 Å². The van der Waals surface area contributed by atoms with E-state index in [0.29, 0.717) is 6.54 Å². The molecule has 1 aromatic rings. The third-order valence-electron chi connectivity index (χ3n) is 3.47. The molecule has 1 N–H and O–H groups in total. The van der Waals surface area contributed by atoms with Crippen LogP contribution in [0, 0.1) is 10.1 Å². The summed E-state index contributed by atoms with van der Waals surface area (Å²) < 4.78 is 4.91. The second-order valence-electron chi connectivity index (χ2n) is 4.78. The Kier molecular flexibility index (Phi) is 7.31. The number of amides is 1. The van der Waals surface area contributed by atoms with Gasteiger partial charge in [-0.2, -0.15) is 0 Å². The van der Waals surface area contributed by atoms with Gasteiger partial charge in [0.05, 0.1) is 12.0 Å². The fourth-order valence-corrected chi connectivity index (χ4v) is 2.12. The van der Waals surface area contributed by atoms with Crippen molar-refractivity contribution in [2.24, 2.45) is 0 Å². The van der Waals surface area contributed by atoms with Gasteiger partial charge in [0.2, 0.25) is 0 Å². The summed E-state index contributed by atoms with van der Waals surface area (Å²) in [6.07, 6.45) is 0.839. The molecule has 7 heteroatoms. The largest absolute Gasteiger partial charge is 0.490 e. The number of hydrogen-bond acceptors (Lipinski definition) is 5. The lowest BCUT2D eigenvalue weighted by Crippen LogP contribution is -2.29. The Hall–Kier alpha value is -2.15. The highest BCUT2D eigenvalue weighted by molar-refractivity contribution is 5.95. The zero-order valence-electron chi connectivity index (χ0n) is 13.3. The van der Waals surface area contributed by atoms with Crippen molar-refractivity contribution in [2.75, 3.05) is 33.3 Å². The predicted molar refractivity (Wildman–Crippen MR) is 84.4 cm³/mol. The summed E-state index contributed by atoms with van der Waals surface area (Å²) >= 11 is 0. The SMILES string of the molecule is CCN(CC)CCCNC(=O)c1ccc(OC)c([N+](=O)[O-])c1. The molecule has 0 aromatic heterocycles. The molecule has 7 nitrogen and oxygen atoms in total. The van der Waals surface area contributed by atoms with E-state index in [2.05, 4.69) is 24.1 Å². The minimum atomic E-state index is -0.560. The van der Waals surface area contributed by atoms with Gasteiger partial charge < -0.3 is 15.0 Å². The molecule has 0 saturated carbocycles. The van der Waals surface area contributed by atoms with Crippen molar-refractivity contribution in [1.29, 1.82) is 0 Å². The third kappa shape index (κ3) is 5.00. The van der Waals surface area contributed by atoms with Gasteiger partial charge in [-0.25, -0.2) is 0 Å². The summed E-state index contributed by atoms with van der Waals surface area (Å²) in [5.74, 6) is -0.173. The molecular weight excluding hydrogens is 286 g/mol. The standard InChI is InChI=1S/C15H23N3O4/c1-4-17(5-2)10-6-9-16-15(19)12-7-8-14(22-3)13(11-12)18(20)21/h7-8,11H,4-6,9-10H2,1-3H3,(H,16,19). The highest BCUT2D eigenvalue weighted by Crippen LogP contribution is 2.27. The van der Waals surface area contributed by atoms with Gasteiger partial charge in [0.15, 0.2) is 5.75 Å². The van der Waals surface area contributed by atoms with Crippen molar-refractivity contribution in [1.82, 2.24) is 10.2 Å². The number of benzene rings is 1. The summed E-state index contributed by atoms with van der Waals surface area (Å²) in [7, 11) is 1.36. The molecule has 22 heavy (non-hydrogen) atoms. The molecule has 0 fully saturated rings. The molecule has 0 saturated heterocycles. The number of nitrogens with one attached hydrogen (secondary N) is 1. The summed E-state index contributed by atoms with van der Waals surface area (Å²) in [5.41, 5.74) is 0.0497. The third-order valence-corrected chi connectivity index (χ3v) is 3.47. The van der Waals surface area contributed by atoms with Crippen LogP contribution in [0.25, 0.3) is 0 Å². The number of nitro groups is 1. The molecule has 0 aliphatic rings. The Bertz CT molecular complexity index is 516. The van der Waals surface area contributed by atoms with Crippen LogP contribution in [0.5, 0.6) is 5.75 Å². The van der Waals surface area contributed by atoms with Gasteiger partial charge in [-0.1, -0.05) is 13.8 Å². The van der Waals surface area contributed by atoms with Crippen molar-refractivity contribution < 1.29 is 14.5 Å². The number of hydrogen-bond donors (Lipinski definition) is 1. The van der Waals surface area contributed by atoms with E-state index in [1.165, 1.54) is 25.3 Å². The average Bonchev–Trinajstić information content (AvgIpc) is 2.54. The highest BCUT2D eigenvalue weighted by atomic mass is 16.6. The maximum absolute atomic E-state index is 12.0. The van der Waals surface area contributed by atoms with Crippen molar-refractivity contribution in [3.63, 3.8) is 0 Å². The molecule has 0 heterocycles. The maximum atomic E-state index is 12.0. The van der Waals surface area contributed by atoms with Gasteiger partial charge in [0.1, 0.15) is 0 Å². The van der Waals surface area contributed by atoms with Crippen molar-refractivity contribution in [2.45, 2.75) is 20.3 Å². The van der Waals surface area contributed by atoms with Crippen LogP contribution in [-0.2, 0) is 0 Å². The van der Waals surface area contributed by atoms with Gasteiger partial charge in [-0.3, -0.25) is 14.9 Å². The molecule has 0 spiro atoms. The molecule has 0 aliphatic carbocycles. The minimum Gasteiger partial charge on any atom is -0.490 e. The molecule has 1 amide bonds. The lowest BCUT2D eigenvalue weighted by molar-refractivity contribution is -0.385. The lowest BCUT2D eigenvalue weighted by Gasteiger charge is -2.17. The van der Waals surface area contributed by atoms with Crippen LogP contribution in [0.3, 0.4) is 0 Å². The quantitative estimate of drug-likeness (QED) is 0.429. The molecule has 0 unspecified atom stereocenters. The average molecular weight is 309 g/mol. The first kappa shape index (κ1) is 17.9. The Morgan fingerprint density at radius 3 is 2.59 bits per heavy atom. The first-order valence-electron chi connectivity index (χ1n) is 7.36. The Labute approximate surface area is 130 Å². The van der Waals surface area contributed by atoms with Crippen LogP contribution in [-0.4, -0.2) is 49.0 Å². The number of methoxy groups -OCH3 is 1. The molecule has 0 radical (unpaired) electrons. The van der Waals surface area contributed by atoms with Gasteiger partial charge in [0.25, 0.3) is 5.91 Å². The zero-order valence-corrected chi connectivity index (χ0v) is 13.3. The molecular formula is C15H23N3O4. The van der Waals surface area contributed by atoms with Crippen molar-refractivity contribution in [3.8, 4) is 5.75 Å². The first-order valence-corrected chi connectivity index (χ1v) is 7.36. The topological polar surface area (TPSA) is 84.7 Å². The number of ether oxygens (including phenoxy) is 1.